The predicted molar refractivity (Wildman–Crippen MR) is 162 cm³/mol. The van der Waals surface area contributed by atoms with Crippen LogP contribution >= 0.6 is 0 Å². The number of unbranched alkanes of at least 4 members (excludes halogenated alkanes) is 2. The Balaban J connectivity index is 1.34. The van der Waals surface area contributed by atoms with Crippen molar-refractivity contribution in [1.82, 2.24) is 30.2 Å². The summed E-state index contributed by atoms with van der Waals surface area (Å²) in [6, 6.07) is 12.8. The van der Waals surface area contributed by atoms with Crippen LogP contribution < -0.4 is 15.8 Å². The summed E-state index contributed by atoms with van der Waals surface area (Å²) in [5, 5.41) is 3.98. The van der Waals surface area contributed by atoms with Gasteiger partial charge in [0, 0.05) is 35.3 Å². The van der Waals surface area contributed by atoms with E-state index in [1.165, 1.54) is 18.5 Å². The third-order valence-corrected chi connectivity index (χ3v) is 6.99. The fraction of sp³-hybridized carbons (Fsp3) is 0.250. The zero-order valence-electron chi connectivity index (χ0n) is 24.0. The average molecular weight is 580 g/mol. The summed E-state index contributed by atoms with van der Waals surface area (Å²) in [4.78, 5) is 46.1. The van der Waals surface area contributed by atoms with Crippen LogP contribution in [0.3, 0.4) is 0 Å². The van der Waals surface area contributed by atoms with Crippen molar-refractivity contribution in [2.24, 2.45) is 5.73 Å². The second kappa shape index (κ2) is 13.6. The molecule has 0 aliphatic rings. The lowest BCUT2D eigenvalue weighted by Crippen LogP contribution is -2.33. The molecule has 11 heteroatoms. The second-order valence-corrected chi connectivity index (χ2v) is 10.1. The van der Waals surface area contributed by atoms with Gasteiger partial charge in [-0.25, -0.2) is 9.97 Å². The van der Waals surface area contributed by atoms with Gasteiger partial charge in [0.25, 0.3) is 11.8 Å². The smallest absolute Gasteiger partial charge is 0.267 e. The van der Waals surface area contributed by atoms with E-state index in [0.717, 1.165) is 40.7 Å². The van der Waals surface area contributed by atoms with Crippen LogP contribution in [0.25, 0.3) is 28.2 Å². The van der Waals surface area contributed by atoms with Gasteiger partial charge in [-0.05, 0) is 50.1 Å². The van der Waals surface area contributed by atoms with Crippen molar-refractivity contribution in [3.05, 3.63) is 96.1 Å². The van der Waals surface area contributed by atoms with Crippen molar-refractivity contribution in [3.8, 4) is 17.0 Å². The number of aromatic nitrogens is 5. The zero-order chi connectivity index (χ0) is 30.2. The van der Waals surface area contributed by atoms with Gasteiger partial charge in [-0.15, -0.1) is 0 Å². The maximum absolute atomic E-state index is 13.1. The SMILES string of the molecule is COc1cc2nc(C)ccc2cc1-c1cnc([C@H](CCCCCC(=O)c2ncco2)NC(=O)/C(N)=C/c2ccccn2)[nH]1. The summed E-state index contributed by atoms with van der Waals surface area (Å²) in [6.45, 7) is 1.95. The number of hydrogen-bond acceptors (Lipinski definition) is 9. The van der Waals surface area contributed by atoms with E-state index in [4.69, 9.17) is 14.9 Å². The summed E-state index contributed by atoms with van der Waals surface area (Å²) in [5.74, 6) is 0.789. The monoisotopic (exact) mass is 579 g/mol. The number of ketones is 1. The Morgan fingerprint density at radius 3 is 2.74 bits per heavy atom. The van der Waals surface area contributed by atoms with E-state index in [-0.39, 0.29) is 17.4 Å². The van der Waals surface area contributed by atoms with Crippen molar-refractivity contribution in [1.29, 1.82) is 0 Å². The van der Waals surface area contributed by atoms with Crippen LogP contribution in [0.15, 0.2) is 77.4 Å². The van der Waals surface area contributed by atoms with E-state index in [2.05, 4.69) is 30.2 Å². The standard InChI is InChI=1S/C32H33N7O4/c1-20-11-12-21-16-23(29(42-2)18-26(21)37-20)27-19-36-30(38-27)25(9-4-3-5-10-28(40)32-35-14-15-43-32)39-31(41)24(33)17-22-8-6-7-13-34-22/h6-8,11-19,25H,3-5,9-10,33H2,1-2H3,(H,36,38)(H,39,41)/b24-17-/t25-/m0/s1. The molecule has 1 aromatic carbocycles. The molecule has 0 fully saturated rings. The predicted octanol–water partition coefficient (Wildman–Crippen LogP) is 5.32. The number of methoxy groups -OCH3 is 1. The van der Waals surface area contributed by atoms with Crippen molar-refractivity contribution in [2.45, 2.75) is 45.1 Å². The van der Waals surface area contributed by atoms with Gasteiger partial charge in [-0.1, -0.05) is 25.0 Å². The first kappa shape index (κ1) is 29.2. The lowest BCUT2D eigenvalue weighted by Gasteiger charge is -2.17. The fourth-order valence-electron chi connectivity index (χ4n) is 4.77. The molecule has 220 valence electrons. The molecule has 0 bridgehead atoms. The number of nitrogens with one attached hydrogen (secondary N) is 2. The number of aromatic amines is 1. The number of carbonyl (C=O) groups is 2. The Kier molecular flexibility index (Phi) is 9.20. The van der Waals surface area contributed by atoms with E-state index in [0.29, 0.717) is 36.5 Å². The van der Waals surface area contributed by atoms with Crippen LogP contribution in [0.2, 0.25) is 0 Å². The Labute approximate surface area is 248 Å². The number of carbonyl (C=O) groups excluding carboxylic acids is 2. The van der Waals surface area contributed by atoms with Crippen LogP contribution in [-0.2, 0) is 4.79 Å². The van der Waals surface area contributed by atoms with Gasteiger partial charge in [0.1, 0.15) is 17.8 Å². The number of ether oxygens (including phenoxy) is 1. The summed E-state index contributed by atoms with van der Waals surface area (Å²) in [5.41, 5.74) is 10.1. The molecule has 0 radical (unpaired) electrons. The highest BCUT2D eigenvalue weighted by molar-refractivity contribution is 5.96. The Morgan fingerprint density at radius 2 is 1.98 bits per heavy atom. The van der Waals surface area contributed by atoms with Crippen LogP contribution in [0.1, 0.15) is 66.0 Å². The number of imidazole rings is 1. The molecule has 43 heavy (non-hydrogen) atoms. The van der Waals surface area contributed by atoms with Gasteiger partial charge in [0.2, 0.25) is 5.78 Å². The van der Waals surface area contributed by atoms with Crippen molar-refractivity contribution < 1.29 is 18.7 Å². The minimum atomic E-state index is -0.463. The first-order valence-electron chi connectivity index (χ1n) is 14.0. The first-order valence-corrected chi connectivity index (χ1v) is 14.0. The van der Waals surface area contributed by atoms with Gasteiger partial charge in [-0.2, -0.15) is 0 Å². The minimum absolute atomic E-state index is 0.0333. The van der Waals surface area contributed by atoms with Crippen LogP contribution in [0.5, 0.6) is 5.75 Å². The number of aryl methyl sites for hydroxylation is 1. The number of oxazole rings is 1. The molecule has 4 heterocycles. The van der Waals surface area contributed by atoms with Crippen molar-refractivity contribution in [3.63, 3.8) is 0 Å². The largest absolute Gasteiger partial charge is 0.496 e. The Bertz CT molecular complexity index is 1730. The number of benzene rings is 1. The van der Waals surface area contributed by atoms with Gasteiger partial charge in [-0.3, -0.25) is 19.6 Å². The molecule has 0 unspecified atom stereocenters. The lowest BCUT2D eigenvalue weighted by molar-refractivity contribution is -0.118. The maximum Gasteiger partial charge on any atom is 0.267 e. The number of Topliss-reactive ketones (excluding diaryl/α,β-unsaturated/α-hetero) is 1. The molecule has 0 spiro atoms. The van der Waals surface area contributed by atoms with E-state index in [9.17, 15) is 9.59 Å². The summed E-state index contributed by atoms with van der Waals surface area (Å²) in [7, 11) is 1.62. The third-order valence-electron chi connectivity index (χ3n) is 6.99. The van der Waals surface area contributed by atoms with Crippen LogP contribution in [-0.4, -0.2) is 43.7 Å². The molecule has 0 saturated carbocycles. The van der Waals surface area contributed by atoms with Crippen molar-refractivity contribution >= 4 is 28.7 Å². The van der Waals surface area contributed by atoms with E-state index in [1.54, 1.807) is 31.6 Å². The second-order valence-electron chi connectivity index (χ2n) is 10.1. The number of amides is 1. The summed E-state index contributed by atoms with van der Waals surface area (Å²) in [6.07, 6.45) is 10.8. The molecule has 4 N–H and O–H groups in total. The summed E-state index contributed by atoms with van der Waals surface area (Å²) >= 11 is 0. The maximum atomic E-state index is 13.1. The van der Waals surface area contributed by atoms with Gasteiger partial charge in [0.15, 0.2) is 0 Å². The lowest BCUT2D eigenvalue weighted by atomic mass is 10.0. The van der Waals surface area contributed by atoms with Crippen LogP contribution in [0, 0.1) is 6.92 Å². The minimum Gasteiger partial charge on any atom is -0.496 e. The number of pyridine rings is 2. The highest BCUT2D eigenvalue weighted by atomic mass is 16.5. The zero-order valence-corrected chi connectivity index (χ0v) is 24.0. The molecule has 5 rings (SSSR count). The van der Waals surface area contributed by atoms with Crippen molar-refractivity contribution in [2.75, 3.05) is 7.11 Å². The number of nitrogens with zero attached hydrogens (tertiary/aromatic N) is 4. The summed E-state index contributed by atoms with van der Waals surface area (Å²) < 4.78 is 10.8. The number of nitrogens with two attached hydrogens (primary N) is 1. The first-order chi connectivity index (χ1) is 20.9. The van der Waals surface area contributed by atoms with Gasteiger partial charge < -0.3 is 25.2 Å². The molecule has 5 aromatic rings. The number of fused-ring (bicyclic) bond motifs is 1. The quantitative estimate of drug-likeness (QED) is 0.0952. The third kappa shape index (κ3) is 7.31. The molecule has 0 aliphatic heterocycles. The van der Waals surface area contributed by atoms with Gasteiger partial charge >= 0.3 is 0 Å². The molecular weight excluding hydrogens is 546 g/mol. The Morgan fingerprint density at radius 1 is 1.09 bits per heavy atom. The highest BCUT2D eigenvalue weighted by Gasteiger charge is 2.21. The van der Waals surface area contributed by atoms with E-state index >= 15 is 0 Å². The topological polar surface area (TPSA) is 162 Å². The number of H-pyrrole nitrogens is 1. The number of rotatable bonds is 13. The normalized spacial score (nSPS) is 12.3. The van der Waals surface area contributed by atoms with Crippen LogP contribution in [0.4, 0.5) is 0 Å². The fourth-order valence-corrected chi connectivity index (χ4v) is 4.77. The molecule has 11 nitrogen and oxygen atoms in total. The van der Waals surface area contributed by atoms with Gasteiger partial charge in [0.05, 0.1) is 48.1 Å². The average Bonchev–Trinajstić information content (AvgIpc) is 3.73. The molecule has 1 amide bonds. The van der Waals surface area contributed by atoms with E-state index in [1.807, 2.05) is 37.3 Å². The molecule has 1 atom stereocenters. The number of hydrogen-bond donors (Lipinski definition) is 3. The van der Waals surface area contributed by atoms with E-state index < -0.39 is 11.9 Å². The molecular formula is C32H33N7O4. The molecule has 0 aliphatic carbocycles. The molecule has 4 aromatic heterocycles. The molecule has 0 saturated heterocycles. The Hall–Kier alpha value is -5.32. The highest BCUT2D eigenvalue weighted by Crippen LogP contribution is 2.33.